The summed E-state index contributed by atoms with van der Waals surface area (Å²) in [5.41, 5.74) is 3.07. The average Bonchev–Trinajstić information content (AvgIpc) is 2.64. The lowest BCUT2D eigenvalue weighted by Crippen LogP contribution is -2.13. The SMILES string of the molecule is COc1cc(C(=O)Nc2ccc(C)c3ncccc23)cc(OC)c1Br. The molecule has 1 amide bonds. The highest BCUT2D eigenvalue weighted by Crippen LogP contribution is 2.36. The van der Waals surface area contributed by atoms with Gasteiger partial charge in [-0.2, -0.15) is 0 Å². The zero-order valence-corrected chi connectivity index (χ0v) is 15.7. The number of hydrogen-bond donors (Lipinski definition) is 1. The Bertz CT molecular complexity index is 932. The van der Waals surface area contributed by atoms with Crippen molar-refractivity contribution in [2.24, 2.45) is 0 Å². The van der Waals surface area contributed by atoms with Crippen molar-refractivity contribution in [1.82, 2.24) is 4.98 Å². The Balaban J connectivity index is 2.00. The number of benzene rings is 2. The normalized spacial score (nSPS) is 10.6. The molecule has 1 N–H and O–H groups in total. The molecule has 2 aromatic carbocycles. The summed E-state index contributed by atoms with van der Waals surface area (Å²) >= 11 is 3.40. The molecular weight excluding hydrogens is 384 g/mol. The molecule has 25 heavy (non-hydrogen) atoms. The summed E-state index contributed by atoms with van der Waals surface area (Å²) in [7, 11) is 3.08. The van der Waals surface area contributed by atoms with E-state index in [0.29, 0.717) is 27.2 Å². The van der Waals surface area contributed by atoms with Gasteiger partial charge in [0, 0.05) is 17.1 Å². The molecular formula is C19H17BrN2O3. The minimum absolute atomic E-state index is 0.252. The van der Waals surface area contributed by atoms with E-state index >= 15 is 0 Å². The standard InChI is InChI=1S/C19H17BrN2O3/c1-11-6-7-14(13-5-4-8-21-18(11)13)22-19(23)12-9-15(24-2)17(20)16(10-12)25-3/h4-10H,1-3H3,(H,22,23). The van der Waals surface area contributed by atoms with Gasteiger partial charge in [0.05, 0.1) is 25.4 Å². The van der Waals surface area contributed by atoms with E-state index < -0.39 is 0 Å². The quantitative estimate of drug-likeness (QED) is 0.696. The molecule has 0 aliphatic heterocycles. The Morgan fingerprint density at radius 2 is 1.80 bits per heavy atom. The third-order valence-corrected chi connectivity index (χ3v) is 4.71. The second-order valence-electron chi connectivity index (χ2n) is 5.48. The van der Waals surface area contributed by atoms with Crippen molar-refractivity contribution in [3.8, 4) is 11.5 Å². The van der Waals surface area contributed by atoms with Gasteiger partial charge in [0.15, 0.2) is 0 Å². The van der Waals surface area contributed by atoms with Crippen LogP contribution in [0.3, 0.4) is 0 Å². The molecule has 1 aromatic heterocycles. The third-order valence-electron chi connectivity index (χ3n) is 3.93. The summed E-state index contributed by atoms with van der Waals surface area (Å²) in [5.74, 6) is 0.804. The molecule has 1 heterocycles. The van der Waals surface area contributed by atoms with E-state index in [4.69, 9.17) is 9.47 Å². The average molecular weight is 401 g/mol. The summed E-state index contributed by atoms with van der Waals surface area (Å²) in [6.07, 6.45) is 1.74. The van der Waals surface area contributed by atoms with E-state index in [1.807, 2.05) is 31.2 Å². The molecule has 0 bridgehead atoms. The van der Waals surface area contributed by atoms with E-state index in [0.717, 1.165) is 16.5 Å². The predicted octanol–water partition coefficient (Wildman–Crippen LogP) is 4.58. The van der Waals surface area contributed by atoms with Gasteiger partial charge in [-0.05, 0) is 58.7 Å². The van der Waals surface area contributed by atoms with Crippen LogP contribution >= 0.6 is 15.9 Å². The van der Waals surface area contributed by atoms with Crippen molar-refractivity contribution in [3.05, 3.63) is 58.2 Å². The van der Waals surface area contributed by atoms with Gasteiger partial charge < -0.3 is 14.8 Å². The van der Waals surface area contributed by atoms with E-state index in [1.54, 1.807) is 32.5 Å². The van der Waals surface area contributed by atoms with Crippen LogP contribution in [-0.2, 0) is 0 Å². The van der Waals surface area contributed by atoms with Crippen LogP contribution in [0.4, 0.5) is 5.69 Å². The Kier molecular flexibility index (Phi) is 4.90. The summed E-state index contributed by atoms with van der Waals surface area (Å²) < 4.78 is 11.3. The number of rotatable bonds is 4. The summed E-state index contributed by atoms with van der Waals surface area (Å²) in [4.78, 5) is 17.1. The van der Waals surface area contributed by atoms with Crippen molar-refractivity contribution >= 4 is 38.4 Å². The Morgan fingerprint density at radius 1 is 1.12 bits per heavy atom. The topological polar surface area (TPSA) is 60.5 Å². The Morgan fingerprint density at radius 3 is 2.44 bits per heavy atom. The highest BCUT2D eigenvalue weighted by molar-refractivity contribution is 9.10. The summed E-state index contributed by atoms with van der Waals surface area (Å²) in [6.45, 7) is 1.99. The van der Waals surface area contributed by atoms with Crippen LogP contribution < -0.4 is 14.8 Å². The maximum absolute atomic E-state index is 12.7. The second-order valence-corrected chi connectivity index (χ2v) is 6.27. The first-order chi connectivity index (χ1) is 12.0. The number of anilines is 1. The molecule has 0 aliphatic rings. The predicted molar refractivity (Wildman–Crippen MR) is 102 cm³/mol. The largest absolute Gasteiger partial charge is 0.495 e. The first-order valence-corrected chi connectivity index (χ1v) is 8.41. The molecule has 128 valence electrons. The molecule has 0 radical (unpaired) electrons. The minimum atomic E-state index is -0.252. The lowest BCUT2D eigenvalue weighted by molar-refractivity contribution is 0.102. The van der Waals surface area contributed by atoms with Gasteiger partial charge in [-0.3, -0.25) is 9.78 Å². The molecule has 0 fully saturated rings. The molecule has 3 rings (SSSR count). The smallest absolute Gasteiger partial charge is 0.255 e. The molecule has 0 saturated carbocycles. The number of ether oxygens (including phenoxy) is 2. The lowest BCUT2D eigenvalue weighted by atomic mass is 10.1. The van der Waals surface area contributed by atoms with Crippen LogP contribution in [0.2, 0.25) is 0 Å². The van der Waals surface area contributed by atoms with Crippen LogP contribution in [0.5, 0.6) is 11.5 Å². The van der Waals surface area contributed by atoms with E-state index in [9.17, 15) is 4.79 Å². The number of aryl methyl sites for hydroxylation is 1. The molecule has 0 atom stereocenters. The van der Waals surface area contributed by atoms with Crippen LogP contribution in [0.15, 0.2) is 47.1 Å². The van der Waals surface area contributed by atoms with Crippen molar-refractivity contribution in [2.45, 2.75) is 6.92 Å². The molecule has 5 nitrogen and oxygen atoms in total. The number of aromatic nitrogens is 1. The molecule has 0 unspecified atom stereocenters. The fraction of sp³-hybridized carbons (Fsp3) is 0.158. The number of methoxy groups -OCH3 is 2. The van der Waals surface area contributed by atoms with Crippen molar-refractivity contribution in [2.75, 3.05) is 19.5 Å². The lowest BCUT2D eigenvalue weighted by Gasteiger charge is -2.13. The van der Waals surface area contributed by atoms with Gasteiger partial charge in [-0.1, -0.05) is 6.07 Å². The number of halogens is 1. The molecule has 0 aliphatic carbocycles. The van der Waals surface area contributed by atoms with Crippen molar-refractivity contribution in [3.63, 3.8) is 0 Å². The van der Waals surface area contributed by atoms with Gasteiger partial charge in [0.25, 0.3) is 5.91 Å². The number of carbonyl (C=O) groups excluding carboxylic acids is 1. The van der Waals surface area contributed by atoms with E-state index in [2.05, 4.69) is 26.2 Å². The number of fused-ring (bicyclic) bond motifs is 1. The minimum Gasteiger partial charge on any atom is -0.495 e. The number of pyridine rings is 1. The van der Waals surface area contributed by atoms with Gasteiger partial charge in [-0.25, -0.2) is 0 Å². The van der Waals surface area contributed by atoms with Gasteiger partial charge in [0.2, 0.25) is 0 Å². The first kappa shape index (κ1) is 17.2. The summed E-state index contributed by atoms with van der Waals surface area (Å²) in [6, 6.07) is 10.9. The number of nitrogens with one attached hydrogen (secondary N) is 1. The number of nitrogens with zero attached hydrogens (tertiary/aromatic N) is 1. The molecule has 3 aromatic rings. The number of hydrogen-bond acceptors (Lipinski definition) is 4. The maximum Gasteiger partial charge on any atom is 0.255 e. The van der Waals surface area contributed by atoms with E-state index in [-0.39, 0.29) is 5.91 Å². The Hall–Kier alpha value is -2.60. The zero-order valence-electron chi connectivity index (χ0n) is 14.1. The molecule has 6 heteroatoms. The van der Waals surface area contributed by atoms with Crippen molar-refractivity contribution < 1.29 is 14.3 Å². The summed E-state index contributed by atoms with van der Waals surface area (Å²) in [5, 5.41) is 3.84. The number of carbonyl (C=O) groups is 1. The highest BCUT2D eigenvalue weighted by atomic mass is 79.9. The van der Waals surface area contributed by atoms with Crippen LogP contribution in [0, 0.1) is 6.92 Å². The molecule has 0 saturated heterocycles. The fourth-order valence-electron chi connectivity index (χ4n) is 2.62. The van der Waals surface area contributed by atoms with E-state index in [1.165, 1.54) is 0 Å². The van der Waals surface area contributed by atoms with Crippen LogP contribution in [0.1, 0.15) is 15.9 Å². The number of amides is 1. The van der Waals surface area contributed by atoms with Crippen LogP contribution in [0.25, 0.3) is 10.9 Å². The zero-order chi connectivity index (χ0) is 18.0. The maximum atomic E-state index is 12.7. The highest BCUT2D eigenvalue weighted by Gasteiger charge is 2.16. The molecule has 0 spiro atoms. The fourth-order valence-corrected chi connectivity index (χ4v) is 3.17. The second kappa shape index (κ2) is 7.11. The van der Waals surface area contributed by atoms with Gasteiger partial charge in [-0.15, -0.1) is 0 Å². The van der Waals surface area contributed by atoms with Crippen LogP contribution in [-0.4, -0.2) is 25.1 Å². The van der Waals surface area contributed by atoms with Gasteiger partial charge in [0.1, 0.15) is 16.0 Å². The first-order valence-electron chi connectivity index (χ1n) is 7.62. The Labute approximate surface area is 154 Å². The van der Waals surface area contributed by atoms with Gasteiger partial charge >= 0.3 is 0 Å². The monoisotopic (exact) mass is 400 g/mol. The third kappa shape index (κ3) is 3.30. The van der Waals surface area contributed by atoms with Crippen molar-refractivity contribution in [1.29, 1.82) is 0 Å².